The van der Waals surface area contributed by atoms with E-state index in [1.54, 1.807) is 12.1 Å². The van der Waals surface area contributed by atoms with Crippen LogP contribution in [0.2, 0.25) is 0 Å². The van der Waals surface area contributed by atoms with Crippen molar-refractivity contribution >= 4 is 41.5 Å². The minimum atomic E-state index is -0.232. The van der Waals surface area contributed by atoms with Gasteiger partial charge in [0.15, 0.2) is 5.96 Å². The predicted octanol–water partition coefficient (Wildman–Crippen LogP) is 3.93. The van der Waals surface area contributed by atoms with Crippen molar-refractivity contribution in [3.05, 3.63) is 65.5 Å². The highest BCUT2D eigenvalue weighted by molar-refractivity contribution is 14.0. The van der Waals surface area contributed by atoms with Gasteiger partial charge in [0.2, 0.25) is 5.91 Å². The fraction of sp³-hybridized carbons (Fsp3) is 0.417. The molecule has 6 nitrogen and oxygen atoms in total. The molecular weight excluding hydrogens is 520 g/mol. The standard InChI is InChI=1S/C24H32FN5O.HI/c1-4-26-24(28-17-22(29(2)3)19-7-5-8-20(25)15-19)27-16-18-10-12-21(13-11-18)30-14-6-9-23(30)31;/h5,7-8,10-13,15,22H,4,6,9,14,16-17H2,1-3H3,(H2,26,27,28);1H. The van der Waals surface area contributed by atoms with Crippen molar-refractivity contribution in [1.82, 2.24) is 15.5 Å². The van der Waals surface area contributed by atoms with Gasteiger partial charge in [-0.15, -0.1) is 24.0 Å². The van der Waals surface area contributed by atoms with Crippen LogP contribution in [0.5, 0.6) is 0 Å². The smallest absolute Gasteiger partial charge is 0.227 e. The Morgan fingerprint density at radius 2 is 1.94 bits per heavy atom. The summed E-state index contributed by atoms with van der Waals surface area (Å²) in [4.78, 5) is 20.5. The number of carbonyl (C=O) groups excluding carboxylic acids is 1. The Morgan fingerprint density at radius 3 is 2.53 bits per heavy atom. The van der Waals surface area contributed by atoms with Gasteiger partial charge in [-0.2, -0.15) is 0 Å². The maximum atomic E-state index is 13.7. The molecule has 2 aromatic carbocycles. The molecule has 0 spiro atoms. The van der Waals surface area contributed by atoms with E-state index in [1.165, 1.54) is 6.07 Å². The van der Waals surface area contributed by atoms with Crippen molar-refractivity contribution < 1.29 is 9.18 Å². The van der Waals surface area contributed by atoms with E-state index in [-0.39, 0.29) is 41.7 Å². The van der Waals surface area contributed by atoms with Gasteiger partial charge in [-0.3, -0.25) is 4.79 Å². The molecule has 0 aromatic heterocycles. The van der Waals surface area contributed by atoms with Gasteiger partial charge in [0.25, 0.3) is 0 Å². The fourth-order valence-electron chi connectivity index (χ4n) is 3.72. The van der Waals surface area contributed by atoms with Crippen LogP contribution in [0.3, 0.4) is 0 Å². The Kier molecular flexibility index (Phi) is 10.4. The maximum Gasteiger partial charge on any atom is 0.227 e. The molecule has 8 heteroatoms. The molecule has 0 aliphatic carbocycles. The van der Waals surface area contributed by atoms with Crippen molar-refractivity contribution in [1.29, 1.82) is 0 Å². The van der Waals surface area contributed by atoms with Crippen LogP contribution in [0.15, 0.2) is 53.5 Å². The predicted molar refractivity (Wildman–Crippen MR) is 139 cm³/mol. The molecule has 2 N–H and O–H groups in total. The molecule has 174 valence electrons. The Hall–Kier alpha value is -2.20. The quantitative estimate of drug-likeness (QED) is 0.296. The van der Waals surface area contributed by atoms with Crippen molar-refractivity contribution in [2.45, 2.75) is 32.4 Å². The molecule has 1 fully saturated rings. The molecule has 1 atom stereocenters. The number of carbonyl (C=O) groups is 1. The Labute approximate surface area is 207 Å². The monoisotopic (exact) mass is 553 g/mol. The van der Waals surface area contributed by atoms with E-state index in [4.69, 9.17) is 0 Å². The topological polar surface area (TPSA) is 60.0 Å². The Balaban J connectivity index is 0.00000363. The van der Waals surface area contributed by atoms with Crippen molar-refractivity contribution in [3.63, 3.8) is 0 Å². The minimum Gasteiger partial charge on any atom is -0.357 e. The van der Waals surface area contributed by atoms with Crippen LogP contribution in [0, 0.1) is 5.82 Å². The Morgan fingerprint density at radius 1 is 1.19 bits per heavy atom. The lowest BCUT2D eigenvalue weighted by Crippen LogP contribution is -2.41. The number of hydrogen-bond donors (Lipinski definition) is 2. The van der Waals surface area contributed by atoms with Crippen LogP contribution in [-0.4, -0.2) is 50.5 Å². The lowest BCUT2D eigenvalue weighted by molar-refractivity contribution is -0.117. The van der Waals surface area contributed by atoms with Crippen LogP contribution >= 0.6 is 24.0 Å². The summed E-state index contributed by atoms with van der Waals surface area (Å²) in [6, 6.07) is 14.7. The largest absolute Gasteiger partial charge is 0.357 e. The molecule has 0 saturated carbocycles. The molecule has 1 heterocycles. The third kappa shape index (κ3) is 7.16. The molecule has 2 aromatic rings. The number of rotatable bonds is 8. The SMILES string of the molecule is CCNC(=NCc1ccc(N2CCCC2=O)cc1)NCC(c1cccc(F)c1)N(C)C.I. The van der Waals surface area contributed by atoms with Gasteiger partial charge in [-0.05, 0) is 62.8 Å². The number of nitrogens with zero attached hydrogens (tertiary/aromatic N) is 3. The highest BCUT2D eigenvalue weighted by Crippen LogP contribution is 2.22. The second-order valence-corrected chi connectivity index (χ2v) is 7.93. The first-order chi connectivity index (χ1) is 15.0. The summed E-state index contributed by atoms with van der Waals surface area (Å²) in [5.74, 6) is 0.673. The number of anilines is 1. The number of guanidine groups is 1. The van der Waals surface area contributed by atoms with Crippen LogP contribution < -0.4 is 15.5 Å². The molecule has 0 bridgehead atoms. The Bertz CT molecular complexity index is 904. The highest BCUT2D eigenvalue weighted by atomic mass is 127. The zero-order chi connectivity index (χ0) is 22.2. The summed E-state index contributed by atoms with van der Waals surface area (Å²) in [5.41, 5.74) is 2.94. The van der Waals surface area contributed by atoms with E-state index in [1.807, 2.05) is 56.3 Å². The number of benzene rings is 2. The average molecular weight is 553 g/mol. The second-order valence-electron chi connectivity index (χ2n) is 7.93. The molecule has 1 saturated heterocycles. The minimum absolute atomic E-state index is 0. The van der Waals surface area contributed by atoms with Gasteiger partial charge in [0.1, 0.15) is 5.82 Å². The van der Waals surface area contributed by atoms with Crippen molar-refractivity contribution in [2.75, 3.05) is 38.6 Å². The van der Waals surface area contributed by atoms with Crippen molar-refractivity contribution in [2.24, 2.45) is 4.99 Å². The molecule has 1 unspecified atom stereocenters. The van der Waals surface area contributed by atoms with Crippen LogP contribution in [-0.2, 0) is 11.3 Å². The van der Waals surface area contributed by atoms with Crippen LogP contribution in [0.1, 0.15) is 36.9 Å². The van der Waals surface area contributed by atoms with Gasteiger partial charge in [0.05, 0.1) is 12.6 Å². The molecule has 3 rings (SSSR count). The third-order valence-corrected chi connectivity index (χ3v) is 5.41. The van der Waals surface area contributed by atoms with E-state index in [9.17, 15) is 9.18 Å². The number of likely N-dealkylation sites (N-methyl/N-ethyl adjacent to an activating group) is 1. The summed E-state index contributed by atoms with van der Waals surface area (Å²) in [7, 11) is 3.96. The molecule has 1 aliphatic heterocycles. The molecule has 0 radical (unpaired) electrons. The fourth-order valence-corrected chi connectivity index (χ4v) is 3.72. The zero-order valence-corrected chi connectivity index (χ0v) is 21.3. The molecule has 32 heavy (non-hydrogen) atoms. The zero-order valence-electron chi connectivity index (χ0n) is 19.0. The van der Waals surface area contributed by atoms with Crippen molar-refractivity contribution in [3.8, 4) is 0 Å². The normalized spacial score (nSPS) is 15.0. The first-order valence-corrected chi connectivity index (χ1v) is 10.8. The third-order valence-electron chi connectivity index (χ3n) is 5.41. The lowest BCUT2D eigenvalue weighted by Gasteiger charge is -2.26. The number of aliphatic imine (C=N–C) groups is 1. The highest BCUT2D eigenvalue weighted by Gasteiger charge is 2.21. The number of hydrogen-bond acceptors (Lipinski definition) is 3. The summed E-state index contributed by atoms with van der Waals surface area (Å²) >= 11 is 0. The lowest BCUT2D eigenvalue weighted by atomic mass is 10.1. The second kappa shape index (κ2) is 12.7. The molecule has 1 amide bonds. The summed E-state index contributed by atoms with van der Waals surface area (Å²) in [6.45, 7) is 4.68. The van der Waals surface area contributed by atoms with Gasteiger partial charge < -0.3 is 20.4 Å². The molecule has 1 aliphatic rings. The van der Waals surface area contributed by atoms with Gasteiger partial charge in [-0.1, -0.05) is 24.3 Å². The van der Waals surface area contributed by atoms with E-state index < -0.39 is 0 Å². The average Bonchev–Trinajstić information content (AvgIpc) is 3.18. The number of amides is 1. The summed E-state index contributed by atoms with van der Waals surface area (Å²) in [6.07, 6.45) is 1.56. The van der Waals surface area contributed by atoms with E-state index in [0.29, 0.717) is 25.5 Å². The number of nitrogens with one attached hydrogen (secondary N) is 2. The van der Waals surface area contributed by atoms with E-state index >= 15 is 0 Å². The first-order valence-electron chi connectivity index (χ1n) is 10.8. The van der Waals surface area contributed by atoms with E-state index in [2.05, 4.69) is 20.5 Å². The molecular formula is C24H33FIN5O. The van der Waals surface area contributed by atoms with Crippen LogP contribution in [0.25, 0.3) is 0 Å². The maximum absolute atomic E-state index is 13.7. The van der Waals surface area contributed by atoms with Gasteiger partial charge in [-0.25, -0.2) is 9.38 Å². The van der Waals surface area contributed by atoms with E-state index in [0.717, 1.165) is 36.3 Å². The van der Waals surface area contributed by atoms with Crippen LogP contribution in [0.4, 0.5) is 10.1 Å². The van der Waals surface area contributed by atoms with Gasteiger partial charge in [0, 0.05) is 31.7 Å². The summed E-state index contributed by atoms with van der Waals surface area (Å²) < 4.78 is 13.7. The first kappa shape index (κ1) is 26.1. The van der Waals surface area contributed by atoms with Gasteiger partial charge >= 0.3 is 0 Å². The summed E-state index contributed by atoms with van der Waals surface area (Å²) in [5, 5.41) is 6.64. The number of halogens is 2.